The normalized spacial score (nSPS) is 12.1. The van der Waals surface area contributed by atoms with Gasteiger partial charge in [0.15, 0.2) is 0 Å². The third-order valence-electron chi connectivity index (χ3n) is 2.76. The van der Waals surface area contributed by atoms with Crippen molar-refractivity contribution in [3.05, 3.63) is 48.5 Å². The maximum atomic E-state index is 12.7. The summed E-state index contributed by atoms with van der Waals surface area (Å²) in [4.78, 5) is 11.7. The van der Waals surface area contributed by atoms with Gasteiger partial charge in [0.05, 0.1) is 13.1 Å². The maximum absolute atomic E-state index is 12.7. The van der Waals surface area contributed by atoms with Gasteiger partial charge in [0, 0.05) is 24.1 Å². The van der Waals surface area contributed by atoms with Crippen molar-refractivity contribution in [2.75, 3.05) is 11.9 Å². The van der Waals surface area contributed by atoms with E-state index < -0.39 is 0 Å². The molecule has 1 aromatic carbocycles. The minimum absolute atomic E-state index is 0.119. The highest BCUT2D eigenvalue weighted by Crippen LogP contribution is 2.07. The molecule has 0 radical (unpaired) electrons. The van der Waals surface area contributed by atoms with Crippen molar-refractivity contribution < 1.29 is 9.18 Å². The Morgan fingerprint density at radius 2 is 2.15 bits per heavy atom. The lowest BCUT2D eigenvalue weighted by atomic mass is 10.3. The zero-order chi connectivity index (χ0) is 14.4. The molecular formula is C14H17FN4O. The molecule has 2 rings (SSSR count). The van der Waals surface area contributed by atoms with Gasteiger partial charge in [-0.05, 0) is 37.3 Å². The van der Waals surface area contributed by atoms with Gasteiger partial charge < -0.3 is 10.6 Å². The Balaban J connectivity index is 1.73. The average Bonchev–Trinajstić information content (AvgIpc) is 2.92. The Morgan fingerprint density at radius 3 is 2.80 bits per heavy atom. The molecule has 0 spiro atoms. The molecule has 0 fully saturated rings. The number of nitrogens with one attached hydrogen (secondary N) is 2. The topological polar surface area (TPSA) is 59.0 Å². The second kappa shape index (κ2) is 6.81. The van der Waals surface area contributed by atoms with E-state index in [9.17, 15) is 9.18 Å². The summed E-state index contributed by atoms with van der Waals surface area (Å²) < 4.78 is 14.5. The van der Waals surface area contributed by atoms with Crippen molar-refractivity contribution in [2.45, 2.75) is 19.5 Å². The van der Waals surface area contributed by atoms with Crippen LogP contribution in [0, 0.1) is 5.82 Å². The van der Waals surface area contributed by atoms with E-state index in [1.807, 2.05) is 19.2 Å². The van der Waals surface area contributed by atoms with Crippen molar-refractivity contribution in [2.24, 2.45) is 0 Å². The molecule has 2 N–H and O–H groups in total. The van der Waals surface area contributed by atoms with E-state index in [2.05, 4.69) is 15.7 Å². The number of halogens is 1. The van der Waals surface area contributed by atoms with Crippen LogP contribution in [0.5, 0.6) is 0 Å². The van der Waals surface area contributed by atoms with Gasteiger partial charge in [-0.15, -0.1) is 0 Å². The lowest BCUT2D eigenvalue weighted by molar-refractivity contribution is -0.115. The molecule has 1 amide bonds. The van der Waals surface area contributed by atoms with Crippen molar-refractivity contribution in [3.63, 3.8) is 0 Å². The number of aromatic nitrogens is 2. The van der Waals surface area contributed by atoms with Gasteiger partial charge in [0.25, 0.3) is 0 Å². The molecular weight excluding hydrogens is 259 g/mol. The second-order valence-electron chi connectivity index (χ2n) is 4.57. The van der Waals surface area contributed by atoms with Crippen molar-refractivity contribution >= 4 is 11.6 Å². The van der Waals surface area contributed by atoms with Crippen LogP contribution in [0.4, 0.5) is 10.1 Å². The number of nitrogens with zero attached hydrogens (tertiary/aromatic N) is 2. The molecule has 0 saturated heterocycles. The Labute approximate surface area is 116 Å². The van der Waals surface area contributed by atoms with E-state index in [0.717, 1.165) is 0 Å². The first-order valence-electron chi connectivity index (χ1n) is 6.40. The third kappa shape index (κ3) is 4.47. The molecule has 1 atom stereocenters. The molecule has 2 aromatic rings. The second-order valence-corrected chi connectivity index (χ2v) is 4.57. The van der Waals surface area contributed by atoms with Crippen LogP contribution in [0.3, 0.4) is 0 Å². The number of hydrogen-bond donors (Lipinski definition) is 2. The van der Waals surface area contributed by atoms with Crippen molar-refractivity contribution in [3.8, 4) is 0 Å². The highest BCUT2D eigenvalue weighted by Gasteiger charge is 2.06. The summed E-state index contributed by atoms with van der Waals surface area (Å²) in [6.07, 6.45) is 3.59. The lowest BCUT2D eigenvalue weighted by Gasteiger charge is -2.13. The molecule has 1 heterocycles. The van der Waals surface area contributed by atoms with Crippen LogP contribution >= 0.6 is 0 Å². The number of amides is 1. The zero-order valence-corrected chi connectivity index (χ0v) is 11.2. The van der Waals surface area contributed by atoms with E-state index in [-0.39, 0.29) is 24.3 Å². The van der Waals surface area contributed by atoms with Crippen LogP contribution in [-0.2, 0) is 11.3 Å². The fourth-order valence-electron chi connectivity index (χ4n) is 1.76. The Morgan fingerprint density at radius 1 is 1.40 bits per heavy atom. The van der Waals surface area contributed by atoms with Gasteiger partial charge in [-0.2, -0.15) is 5.10 Å². The van der Waals surface area contributed by atoms with Gasteiger partial charge in [0.1, 0.15) is 5.82 Å². The summed E-state index contributed by atoms with van der Waals surface area (Å²) in [6, 6.07) is 7.65. The average molecular weight is 276 g/mol. The lowest BCUT2D eigenvalue weighted by Crippen LogP contribution is -2.36. The van der Waals surface area contributed by atoms with Crippen LogP contribution < -0.4 is 10.6 Å². The minimum Gasteiger partial charge on any atom is -0.325 e. The smallest absolute Gasteiger partial charge is 0.238 e. The molecule has 0 aliphatic rings. The van der Waals surface area contributed by atoms with Crippen LogP contribution in [0.15, 0.2) is 42.7 Å². The molecule has 0 bridgehead atoms. The fourth-order valence-corrected chi connectivity index (χ4v) is 1.76. The molecule has 0 saturated carbocycles. The molecule has 0 aliphatic heterocycles. The predicted octanol–water partition coefficient (Wildman–Crippen LogP) is 1.64. The number of carbonyl (C=O) groups excluding carboxylic acids is 1. The standard InChI is InChI=1S/C14H17FN4O/c1-11(10-19-8-2-7-17-19)16-9-14(20)18-13-5-3-12(15)4-6-13/h2-8,11,16H,9-10H2,1H3,(H,18,20). The number of carbonyl (C=O) groups is 1. The van der Waals surface area contributed by atoms with Crippen molar-refractivity contribution in [1.29, 1.82) is 0 Å². The van der Waals surface area contributed by atoms with Crippen LogP contribution in [0.1, 0.15) is 6.92 Å². The Kier molecular flexibility index (Phi) is 4.84. The number of benzene rings is 1. The summed E-state index contributed by atoms with van der Waals surface area (Å²) in [5.74, 6) is -0.488. The molecule has 0 aliphatic carbocycles. The van der Waals surface area contributed by atoms with Gasteiger partial charge >= 0.3 is 0 Å². The van der Waals surface area contributed by atoms with E-state index in [4.69, 9.17) is 0 Å². The summed E-state index contributed by atoms with van der Waals surface area (Å²) in [6.45, 7) is 2.86. The summed E-state index contributed by atoms with van der Waals surface area (Å²) in [7, 11) is 0. The number of anilines is 1. The third-order valence-corrected chi connectivity index (χ3v) is 2.76. The maximum Gasteiger partial charge on any atom is 0.238 e. The highest BCUT2D eigenvalue weighted by molar-refractivity contribution is 5.92. The first-order chi connectivity index (χ1) is 9.63. The molecule has 6 heteroatoms. The van der Waals surface area contributed by atoms with Gasteiger partial charge in [0.2, 0.25) is 5.91 Å². The molecule has 5 nitrogen and oxygen atoms in total. The molecule has 20 heavy (non-hydrogen) atoms. The minimum atomic E-state index is -0.325. The van der Waals surface area contributed by atoms with Crippen molar-refractivity contribution in [1.82, 2.24) is 15.1 Å². The first kappa shape index (κ1) is 14.2. The van der Waals surface area contributed by atoms with E-state index in [1.165, 1.54) is 24.3 Å². The fraction of sp³-hybridized carbons (Fsp3) is 0.286. The van der Waals surface area contributed by atoms with E-state index >= 15 is 0 Å². The highest BCUT2D eigenvalue weighted by atomic mass is 19.1. The molecule has 1 unspecified atom stereocenters. The van der Waals surface area contributed by atoms with E-state index in [1.54, 1.807) is 10.9 Å². The predicted molar refractivity (Wildman–Crippen MR) is 74.7 cm³/mol. The first-order valence-corrected chi connectivity index (χ1v) is 6.40. The summed E-state index contributed by atoms with van der Waals surface area (Å²) >= 11 is 0. The van der Waals surface area contributed by atoms with Crippen LogP contribution in [0.2, 0.25) is 0 Å². The largest absolute Gasteiger partial charge is 0.325 e. The Hall–Kier alpha value is -2.21. The zero-order valence-electron chi connectivity index (χ0n) is 11.2. The summed E-state index contributed by atoms with van der Waals surface area (Å²) in [5.41, 5.74) is 0.581. The number of hydrogen-bond acceptors (Lipinski definition) is 3. The summed E-state index contributed by atoms with van der Waals surface area (Å²) in [5, 5.41) is 9.90. The van der Waals surface area contributed by atoms with E-state index in [0.29, 0.717) is 12.2 Å². The SMILES string of the molecule is CC(Cn1cccn1)NCC(=O)Nc1ccc(F)cc1. The quantitative estimate of drug-likeness (QED) is 0.843. The van der Waals surface area contributed by atoms with Gasteiger partial charge in [-0.25, -0.2) is 4.39 Å². The molecule has 1 aromatic heterocycles. The van der Waals surface area contributed by atoms with Gasteiger partial charge in [-0.3, -0.25) is 9.48 Å². The monoisotopic (exact) mass is 276 g/mol. The molecule has 106 valence electrons. The van der Waals surface area contributed by atoms with Crippen LogP contribution in [0.25, 0.3) is 0 Å². The number of rotatable bonds is 6. The Bertz CT molecular complexity index is 539. The van der Waals surface area contributed by atoms with Gasteiger partial charge in [-0.1, -0.05) is 0 Å². The van der Waals surface area contributed by atoms with Crippen LogP contribution in [-0.4, -0.2) is 28.3 Å².